The second-order valence-electron chi connectivity index (χ2n) is 8.19. The number of aromatic nitrogens is 1. The van der Waals surface area contributed by atoms with Gasteiger partial charge in [-0.3, -0.25) is 4.79 Å². The fraction of sp³-hybridized carbons (Fsp3) is 0.545. The maximum atomic E-state index is 12.6. The van der Waals surface area contributed by atoms with Gasteiger partial charge in [0, 0.05) is 37.6 Å². The molecule has 3 heterocycles. The average molecular weight is 383 g/mol. The Labute approximate surface area is 166 Å². The summed E-state index contributed by atoms with van der Waals surface area (Å²) in [5.41, 5.74) is 1.21. The summed E-state index contributed by atoms with van der Waals surface area (Å²) in [7, 11) is 0. The largest absolute Gasteiger partial charge is 0.490 e. The van der Waals surface area contributed by atoms with Crippen LogP contribution in [0.25, 0.3) is 10.9 Å². The van der Waals surface area contributed by atoms with E-state index in [0.717, 1.165) is 42.6 Å². The first-order valence-electron chi connectivity index (χ1n) is 10.3. The van der Waals surface area contributed by atoms with Gasteiger partial charge in [0.15, 0.2) is 0 Å². The number of hydrogen-bond acceptors (Lipinski definition) is 5. The molecule has 1 aromatic carbocycles. The number of amides is 1. The van der Waals surface area contributed by atoms with Crippen molar-refractivity contribution in [1.82, 2.24) is 14.8 Å². The molecule has 28 heavy (non-hydrogen) atoms. The summed E-state index contributed by atoms with van der Waals surface area (Å²) in [6.45, 7) is 7.61. The van der Waals surface area contributed by atoms with Crippen molar-refractivity contribution >= 4 is 16.8 Å². The normalized spacial score (nSPS) is 21.6. The number of likely N-dealkylation sites (tertiary alicyclic amines) is 2. The zero-order valence-electron chi connectivity index (χ0n) is 16.7. The first kappa shape index (κ1) is 19.2. The third-order valence-electron chi connectivity index (χ3n) is 5.84. The van der Waals surface area contributed by atoms with Crippen LogP contribution in [0.4, 0.5) is 0 Å². The van der Waals surface area contributed by atoms with Gasteiger partial charge in [-0.1, -0.05) is 6.07 Å². The number of ether oxygens (including phenoxy) is 1. The van der Waals surface area contributed by atoms with Gasteiger partial charge in [0.1, 0.15) is 17.5 Å². The predicted molar refractivity (Wildman–Crippen MR) is 109 cm³/mol. The zero-order valence-corrected chi connectivity index (χ0v) is 16.7. The molecule has 1 N–H and O–H groups in total. The highest BCUT2D eigenvalue weighted by Crippen LogP contribution is 2.24. The molecular weight excluding hydrogens is 354 g/mol. The van der Waals surface area contributed by atoms with Crippen LogP contribution in [0.15, 0.2) is 30.3 Å². The summed E-state index contributed by atoms with van der Waals surface area (Å²) in [6.07, 6.45) is 2.56. The van der Waals surface area contributed by atoms with E-state index < -0.39 is 6.10 Å². The van der Waals surface area contributed by atoms with Crippen LogP contribution < -0.4 is 4.74 Å². The number of carbonyl (C=O) groups is 1. The molecule has 2 aliphatic rings. The quantitative estimate of drug-likeness (QED) is 0.879. The lowest BCUT2D eigenvalue weighted by atomic mass is 10.1. The molecule has 2 aromatic rings. The maximum absolute atomic E-state index is 12.6. The molecule has 0 spiro atoms. The maximum Gasteiger partial charge on any atom is 0.272 e. The Bertz CT molecular complexity index is 846. The molecule has 1 atom stereocenters. The van der Waals surface area contributed by atoms with Gasteiger partial charge in [-0.15, -0.1) is 0 Å². The van der Waals surface area contributed by atoms with Crippen LogP contribution in [0.3, 0.4) is 0 Å². The van der Waals surface area contributed by atoms with Crippen molar-refractivity contribution in [2.24, 2.45) is 0 Å². The van der Waals surface area contributed by atoms with E-state index in [1.54, 1.807) is 11.0 Å². The van der Waals surface area contributed by atoms with Crippen LogP contribution >= 0.6 is 0 Å². The monoisotopic (exact) mass is 383 g/mol. The fourth-order valence-electron chi connectivity index (χ4n) is 4.09. The van der Waals surface area contributed by atoms with Crippen molar-refractivity contribution in [3.05, 3.63) is 36.0 Å². The van der Waals surface area contributed by atoms with E-state index in [2.05, 4.69) is 23.7 Å². The lowest BCUT2D eigenvalue weighted by Crippen LogP contribution is -2.41. The van der Waals surface area contributed by atoms with Gasteiger partial charge in [-0.25, -0.2) is 4.98 Å². The van der Waals surface area contributed by atoms with Crippen molar-refractivity contribution in [2.45, 2.75) is 51.4 Å². The van der Waals surface area contributed by atoms with Crippen molar-refractivity contribution in [2.75, 3.05) is 26.2 Å². The Hall–Kier alpha value is -2.18. The Morgan fingerprint density at radius 3 is 2.61 bits per heavy atom. The third-order valence-corrected chi connectivity index (χ3v) is 5.84. The second kappa shape index (κ2) is 8.05. The lowest BCUT2D eigenvalue weighted by molar-refractivity contribution is 0.0759. The van der Waals surface area contributed by atoms with E-state index >= 15 is 0 Å². The fourth-order valence-corrected chi connectivity index (χ4v) is 4.09. The van der Waals surface area contributed by atoms with Gasteiger partial charge < -0.3 is 19.6 Å². The minimum Gasteiger partial charge on any atom is -0.490 e. The van der Waals surface area contributed by atoms with Crippen molar-refractivity contribution in [1.29, 1.82) is 0 Å². The Morgan fingerprint density at radius 1 is 1.14 bits per heavy atom. The molecule has 6 nitrogen and oxygen atoms in total. The number of β-amino-alcohol motifs (C(OH)–C–C–N with tert-alkyl or cyclic N) is 1. The number of nitrogens with zero attached hydrogens (tertiary/aromatic N) is 3. The van der Waals surface area contributed by atoms with Gasteiger partial charge in [0.25, 0.3) is 5.91 Å². The number of hydrogen-bond donors (Lipinski definition) is 1. The van der Waals surface area contributed by atoms with Crippen molar-refractivity contribution < 1.29 is 14.6 Å². The highest BCUT2D eigenvalue weighted by molar-refractivity contribution is 5.95. The summed E-state index contributed by atoms with van der Waals surface area (Å²) in [4.78, 5) is 21.2. The predicted octanol–water partition coefficient (Wildman–Crippen LogP) is 2.69. The molecule has 0 aliphatic carbocycles. The molecular formula is C22H29N3O3. The molecule has 1 amide bonds. The molecule has 4 rings (SSSR count). The average Bonchev–Trinajstić information content (AvgIpc) is 3.14. The number of aliphatic hydroxyl groups excluding tert-OH is 1. The molecule has 2 fully saturated rings. The summed E-state index contributed by atoms with van der Waals surface area (Å²) < 4.78 is 6.20. The first-order chi connectivity index (χ1) is 13.5. The van der Waals surface area contributed by atoms with E-state index in [9.17, 15) is 9.90 Å². The van der Waals surface area contributed by atoms with Crippen LogP contribution in [-0.2, 0) is 0 Å². The summed E-state index contributed by atoms with van der Waals surface area (Å²) >= 11 is 0. The SMILES string of the molecule is CC(C)N1CCC(Oc2ccc3nc(C(=O)N4CCC(O)C4)ccc3c2)CC1. The summed E-state index contributed by atoms with van der Waals surface area (Å²) in [5, 5.41) is 10.6. The third kappa shape index (κ3) is 4.13. The molecule has 0 bridgehead atoms. The van der Waals surface area contributed by atoms with Gasteiger partial charge in [0.05, 0.1) is 11.6 Å². The lowest BCUT2D eigenvalue weighted by Gasteiger charge is -2.34. The highest BCUT2D eigenvalue weighted by Gasteiger charge is 2.26. The smallest absolute Gasteiger partial charge is 0.272 e. The summed E-state index contributed by atoms with van der Waals surface area (Å²) in [5.74, 6) is 0.745. The van der Waals surface area contributed by atoms with Crippen molar-refractivity contribution in [3.8, 4) is 5.75 Å². The topological polar surface area (TPSA) is 65.9 Å². The molecule has 1 unspecified atom stereocenters. The van der Waals surface area contributed by atoms with Gasteiger partial charge in [-0.05, 0) is 57.4 Å². The van der Waals surface area contributed by atoms with E-state index in [0.29, 0.717) is 31.2 Å². The number of carbonyl (C=O) groups excluding carboxylic acids is 1. The molecule has 1 aromatic heterocycles. The minimum atomic E-state index is -0.420. The first-order valence-corrected chi connectivity index (χ1v) is 10.3. The molecule has 6 heteroatoms. The zero-order chi connectivity index (χ0) is 19.7. The molecule has 0 saturated carbocycles. The number of pyridine rings is 1. The number of piperidine rings is 1. The van der Waals surface area contributed by atoms with Crippen LogP contribution in [0.5, 0.6) is 5.75 Å². The van der Waals surface area contributed by atoms with Gasteiger partial charge in [-0.2, -0.15) is 0 Å². The number of benzene rings is 1. The molecule has 150 valence electrons. The van der Waals surface area contributed by atoms with Crippen LogP contribution in [0.2, 0.25) is 0 Å². The Morgan fingerprint density at radius 2 is 1.93 bits per heavy atom. The highest BCUT2D eigenvalue weighted by atomic mass is 16.5. The molecule has 2 saturated heterocycles. The Balaban J connectivity index is 1.43. The van der Waals surface area contributed by atoms with E-state index in [1.807, 2.05) is 24.3 Å². The van der Waals surface area contributed by atoms with E-state index in [1.165, 1.54) is 0 Å². The minimum absolute atomic E-state index is 0.115. The number of rotatable bonds is 4. The van der Waals surface area contributed by atoms with E-state index in [-0.39, 0.29) is 12.0 Å². The van der Waals surface area contributed by atoms with Crippen LogP contribution in [-0.4, -0.2) is 70.2 Å². The second-order valence-corrected chi connectivity index (χ2v) is 8.19. The Kier molecular flexibility index (Phi) is 5.51. The van der Waals surface area contributed by atoms with Crippen molar-refractivity contribution in [3.63, 3.8) is 0 Å². The van der Waals surface area contributed by atoms with Crippen LogP contribution in [0, 0.1) is 0 Å². The number of aliphatic hydroxyl groups is 1. The van der Waals surface area contributed by atoms with Gasteiger partial charge >= 0.3 is 0 Å². The molecule has 2 aliphatic heterocycles. The van der Waals surface area contributed by atoms with Gasteiger partial charge in [0.2, 0.25) is 0 Å². The molecule has 0 radical (unpaired) electrons. The number of fused-ring (bicyclic) bond motifs is 1. The summed E-state index contributed by atoms with van der Waals surface area (Å²) in [6, 6.07) is 10.1. The van der Waals surface area contributed by atoms with E-state index in [4.69, 9.17) is 4.74 Å². The standard InChI is InChI=1S/C22H29N3O3/c1-15(2)24-11-8-18(9-12-24)28-19-4-6-20-16(13-19)3-5-21(23-20)22(27)25-10-7-17(26)14-25/h3-6,13,15,17-18,26H,7-12,14H2,1-2H3. The van der Waals surface area contributed by atoms with Crippen LogP contribution in [0.1, 0.15) is 43.6 Å².